The molecular formula is C22H18ClN3O2S. The lowest BCUT2D eigenvalue weighted by Gasteiger charge is -2.12. The molecule has 0 spiro atoms. The molecule has 29 heavy (non-hydrogen) atoms. The van der Waals surface area contributed by atoms with Gasteiger partial charge in [-0.15, -0.1) is 0 Å². The van der Waals surface area contributed by atoms with Crippen molar-refractivity contribution >= 4 is 49.3 Å². The number of benzene rings is 3. The van der Waals surface area contributed by atoms with Crippen molar-refractivity contribution in [2.24, 2.45) is 4.36 Å². The quantitative estimate of drug-likeness (QED) is 0.414. The summed E-state index contributed by atoms with van der Waals surface area (Å²) in [5.74, 6) is 0.111. The molecule has 1 heterocycles. The molecule has 1 atom stereocenters. The van der Waals surface area contributed by atoms with Crippen LogP contribution in [-0.2, 0) is 9.73 Å². The van der Waals surface area contributed by atoms with E-state index in [-0.39, 0.29) is 5.75 Å². The molecule has 0 saturated carbocycles. The summed E-state index contributed by atoms with van der Waals surface area (Å²) in [6, 6.07) is 21.2. The third kappa shape index (κ3) is 4.18. The zero-order valence-corrected chi connectivity index (χ0v) is 17.1. The molecule has 4 aromatic rings. The number of fused-ring (bicyclic) bond motifs is 1. The Hall–Kier alpha value is -3.09. The van der Waals surface area contributed by atoms with Gasteiger partial charge in [0.2, 0.25) is 0 Å². The summed E-state index contributed by atoms with van der Waals surface area (Å²) in [6.45, 7) is 0. The molecule has 0 radical (unpaired) electrons. The molecule has 5 nitrogen and oxygen atoms in total. The molecule has 0 unspecified atom stereocenters. The zero-order chi connectivity index (χ0) is 20.4. The maximum atomic E-state index is 13.1. The SMILES string of the molecule is C[S@](=O)(=Nc1ccc2nccc(Nc3cc(O)ccc3Cl)c2c1)c1ccccc1. The van der Waals surface area contributed by atoms with Crippen LogP contribution in [0.2, 0.25) is 5.02 Å². The van der Waals surface area contributed by atoms with E-state index < -0.39 is 9.73 Å². The fraction of sp³-hybridized carbons (Fsp3) is 0.0455. The summed E-state index contributed by atoms with van der Waals surface area (Å²) >= 11 is 6.24. The van der Waals surface area contributed by atoms with Gasteiger partial charge in [-0.3, -0.25) is 4.98 Å². The number of nitrogens with one attached hydrogen (secondary N) is 1. The summed E-state index contributed by atoms with van der Waals surface area (Å²) in [5, 5.41) is 14.3. The number of rotatable bonds is 4. The van der Waals surface area contributed by atoms with Gasteiger partial charge in [-0.25, -0.2) is 4.21 Å². The molecule has 3 aromatic carbocycles. The smallest absolute Gasteiger partial charge is 0.117 e. The van der Waals surface area contributed by atoms with E-state index in [4.69, 9.17) is 11.6 Å². The highest BCUT2D eigenvalue weighted by atomic mass is 35.5. The van der Waals surface area contributed by atoms with Gasteiger partial charge >= 0.3 is 0 Å². The van der Waals surface area contributed by atoms with E-state index >= 15 is 0 Å². The van der Waals surface area contributed by atoms with Crippen LogP contribution in [-0.4, -0.2) is 20.6 Å². The van der Waals surface area contributed by atoms with Crippen molar-refractivity contribution in [1.29, 1.82) is 0 Å². The monoisotopic (exact) mass is 423 g/mol. The van der Waals surface area contributed by atoms with E-state index in [1.807, 2.05) is 48.5 Å². The molecule has 0 aliphatic heterocycles. The molecule has 146 valence electrons. The Morgan fingerprint density at radius 2 is 1.79 bits per heavy atom. The van der Waals surface area contributed by atoms with Crippen LogP contribution in [0.4, 0.5) is 17.1 Å². The molecule has 0 aliphatic carbocycles. The van der Waals surface area contributed by atoms with Crippen molar-refractivity contribution in [3.8, 4) is 5.75 Å². The second kappa shape index (κ2) is 7.73. The maximum Gasteiger partial charge on any atom is 0.117 e. The summed E-state index contributed by atoms with van der Waals surface area (Å²) in [6.07, 6.45) is 3.31. The van der Waals surface area contributed by atoms with Crippen molar-refractivity contribution in [2.75, 3.05) is 11.6 Å². The number of pyridine rings is 1. The fourth-order valence-electron chi connectivity index (χ4n) is 2.98. The molecule has 2 N–H and O–H groups in total. The minimum Gasteiger partial charge on any atom is -0.508 e. The van der Waals surface area contributed by atoms with Gasteiger partial charge in [0.1, 0.15) is 5.75 Å². The number of aromatic nitrogens is 1. The van der Waals surface area contributed by atoms with E-state index in [1.165, 1.54) is 6.07 Å². The third-order valence-electron chi connectivity index (χ3n) is 4.40. The molecule has 0 saturated heterocycles. The fourth-order valence-corrected chi connectivity index (χ4v) is 4.43. The average molecular weight is 424 g/mol. The first-order valence-corrected chi connectivity index (χ1v) is 11.1. The van der Waals surface area contributed by atoms with Crippen molar-refractivity contribution in [1.82, 2.24) is 4.98 Å². The first-order chi connectivity index (χ1) is 13.9. The van der Waals surface area contributed by atoms with Crippen molar-refractivity contribution in [3.05, 3.63) is 84.0 Å². The van der Waals surface area contributed by atoms with Gasteiger partial charge in [0.25, 0.3) is 0 Å². The number of hydrogen-bond acceptors (Lipinski definition) is 5. The van der Waals surface area contributed by atoms with E-state index in [1.54, 1.807) is 30.7 Å². The first-order valence-electron chi connectivity index (χ1n) is 8.84. The van der Waals surface area contributed by atoms with Crippen LogP contribution >= 0.6 is 11.6 Å². The van der Waals surface area contributed by atoms with Crippen LogP contribution in [0.3, 0.4) is 0 Å². The molecule has 0 bridgehead atoms. The van der Waals surface area contributed by atoms with Crippen LogP contribution < -0.4 is 5.32 Å². The minimum atomic E-state index is -2.59. The molecule has 1 aromatic heterocycles. The third-order valence-corrected chi connectivity index (χ3v) is 6.44. The van der Waals surface area contributed by atoms with Gasteiger partial charge in [-0.1, -0.05) is 29.8 Å². The molecule has 7 heteroatoms. The molecule has 4 rings (SSSR count). The second-order valence-electron chi connectivity index (χ2n) is 6.56. The zero-order valence-electron chi connectivity index (χ0n) is 15.5. The summed E-state index contributed by atoms with van der Waals surface area (Å²) in [5.41, 5.74) is 2.67. The largest absolute Gasteiger partial charge is 0.508 e. The lowest BCUT2D eigenvalue weighted by molar-refractivity contribution is 0.475. The van der Waals surface area contributed by atoms with Gasteiger partial charge in [0.15, 0.2) is 0 Å². The van der Waals surface area contributed by atoms with E-state index in [2.05, 4.69) is 14.7 Å². The topological polar surface area (TPSA) is 74.6 Å². The Bertz CT molecular complexity index is 1320. The number of hydrogen-bond donors (Lipinski definition) is 2. The highest BCUT2D eigenvalue weighted by Gasteiger charge is 2.09. The average Bonchev–Trinajstić information content (AvgIpc) is 2.71. The van der Waals surface area contributed by atoms with E-state index in [0.717, 1.165) is 16.6 Å². The standard InChI is InChI=1S/C22H18ClN3O2S/c1-29(28,17-5-3-2-4-6-17)26-15-7-10-20-18(13-15)21(11-12-24-20)25-22-14-16(27)8-9-19(22)23/h2-14,27H,1H3,(H,24,25)/t29-/m1/s1. The summed E-state index contributed by atoms with van der Waals surface area (Å²) < 4.78 is 17.6. The van der Waals surface area contributed by atoms with E-state index in [0.29, 0.717) is 21.3 Å². The predicted octanol–water partition coefficient (Wildman–Crippen LogP) is 6.13. The number of phenols is 1. The normalized spacial score (nSPS) is 13.0. The summed E-state index contributed by atoms with van der Waals surface area (Å²) in [4.78, 5) is 5.06. The lowest BCUT2D eigenvalue weighted by atomic mass is 10.1. The van der Waals surface area contributed by atoms with Gasteiger partial charge in [0.05, 0.1) is 31.6 Å². The predicted molar refractivity (Wildman–Crippen MR) is 119 cm³/mol. The molecule has 0 fully saturated rings. The Labute approximate surface area is 174 Å². The Morgan fingerprint density at radius 3 is 2.59 bits per heavy atom. The van der Waals surface area contributed by atoms with E-state index in [9.17, 15) is 9.32 Å². The molecule has 0 aliphatic rings. The van der Waals surface area contributed by atoms with Crippen LogP contribution in [0, 0.1) is 0 Å². The second-order valence-corrected chi connectivity index (χ2v) is 9.22. The Morgan fingerprint density at radius 1 is 1.00 bits per heavy atom. The minimum absolute atomic E-state index is 0.111. The van der Waals surface area contributed by atoms with Gasteiger partial charge in [-0.05, 0) is 48.5 Å². The Balaban J connectivity index is 1.80. The highest BCUT2D eigenvalue weighted by molar-refractivity contribution is 7.93. The number of nitrogens with zero attached hydrogens (tertiary/aromatic N) is 2. The highest BCUT2D eigenvalue weighted by Crippen LogP contribution is 2.33. The number of aromatic hydroxyl groups is 1. The maximum absolute atomic E-state index is 13.1. The first kappa shape index (κ1) is 19.2. The van der Waals surface area contributed by atoms with Crippen molar-refractivity contribution in [3.63, 3.8) is 0 Å². The van der Waals surface area contributed by atoms with Gasteiger partial charge in [0, 0.05) is 34.5 Å². The Kier molecular flexibility index (Phi) is 5.13. The summed E-state index contributed by atoms with van der Waals surface area (Å²) in [7, 11) is -2.59. The number of halogens is 1. The van der Waals surface area contributed by atoms with Crippen molar-refractivity contribution in [2.45, 2.75) is 4.90 Å². The molecule has 0 amide bonds. The number of anilines is 2. The van der Waals surface area contributed by atoms with Gasteiger partial charge in [-0.2, -0.15) is 4.36 Å². The number of phenolic OH excluding ortho intramolecular Hbond substituents is 1. The van der Waals surface area contributed by atoms with Crippen LogP contribution in [0.15, 0.2) is 88.3 Å². The van der Waals surface area contributed by atoms with Crippen LogP contribution in [0.1, 0.15) is 0 Å². The van der Waals surface area contributed by atoms with Crippen molar-refractivity contribution < 1.29 is 9.32 Å². The molecular weight excluding hydrogens is 406 g/mol. The van der Waals surface area contributed by atoms with Crippen LogP contribution in [0.25, 0.3) is 10.9 Å². The van der Waals surface area contributed by atoms with Gasteiger partial charge < -0.3 is 10.4 Å². The van der Waals surface area contributed by atoms with Crippen LogP contribution in [0.5, 0.6) is 5.75 Å². The lowest BCUT2D eigenvalue weighted by Crippen LogP contribution is -1.96.